The van der Waals surface area contributed by atoms with Crippen molar-refractivity contribution in [2.45, 2.75) is 15.0 Å². The molecule has 1 aliphatic rings. The van der Waals surface area contributed by atoms with Crippen molar-refractivity contribution in [1.82, 2.24) is 10.2 Å². The number of hydrogen-bond acceptors (Lipinski definition) is 6. The van der Waals surface area contributed by atoms with Gasteiger partial charge in [-0.2, -0.15) is 10.6 Å². The van der Waals surface area contributed by atoms with E-state index in [1.54, 1.807) is 23.9 Å². The molecule has 1 amide bonds. The first-order valence-electron chi connectivity index (χ1n) is 8.95. The summed E-state index contributed by atoms with van der Waals surface area (Å²) in [4.78, 5) is 16.2. The Balaban J connectivity index is 1.94. The zero-order valence-corrected chi connectivity index (χ0v) is 17.8. The number of nitrogens with one attached hydrogen (secondary N) is 1. The number of nitrogens with zero attached hydrogens (tertiary/aromatic N) is 1. The summed E-state index contributed by atoms with van der Waals surface area (Å²) >= 11 is 1.55. The number of carbonyl (C=O) groups is 1. The van der Waals surface area contributed by atoms with Gasteiger partial charge in [-0.1, -0.05) is 18.2 Å². The fourth-order valence-corrected chi connectivity index (χ4v) is 6.75. The number of hydrogen-bond donors (Lipinski definition) is 3. The van der Waals surface area contributed by atoms with Gasteiger partial charge in [-0.3, -0.25) is 13.9 Å². The number of fused-ring (bicyclic) bond motifs is 1. The van der Waals surface area contributed by atoms with Crippen LogP contribution in [0, 0.1) is 0 Å². The average Bonchev–Trinajstić information content (AvgIpc) is 2.91. The summed E-state index contributed by atoms with van der Waals surface area (Å²) in [6.45, 7) is 1.25. The Labute approximate surface area is 171 Å². The molecule has 0 bridgehead atoms. The average molecular weight is 423 g/mol. The molecule has 1 heterocycles. The van der Waals surface area contributed by atoms with Crippen molar-refractivity contribution in [3.05, 3.63) is 53.6 Å². The van der Waals surface area contributed by atoms with E-state index < -0.39 is 10.6 Å². The molecule has 3 rings (SSSR count). The van der Waals surface area contributed by atoms with E-state index in [0.717, 1.165) is 11.4 Å². The van der Waals surface area contributed by atoms with E-state index in [0.29, 0.717) is 28.3 Å². The van der Waals surface area contributed by atoms with Gasteiger partial charge < -0.3 is 15.0 Å². The second-order valence-electron chi connectivity index (χ2n) is 6.87. The lowest BCUT2D eigenvalue weighted by Crippen LogP contribution is -2.31. The first-order chi connectivity index (χ1) is 13.3. The summed E-state index contributed by atoms with van der Waals surface area (Å²) in [6.07, 6.45) is 0. The maximum Gasteiger partial charge on any atom is 0.255 e. The molecule has 6 nitrogen and oxygen atoms in total. The van der Waals surface area contributed by atoms with E-state index in [-0.39, 0.29) is 16.9 Å². The second kappa shape index (κ2) is 8.75. The summed E-state index contributed by atoms with van der Waals surface area (Å²) in [6, 6.07) is 13.1. The lowest BCUT2D eigenvalue weighted by atomic mass is 10.1. The van der Waals surface area contributed by atoms with Crippen molar-refractivity contribution in [2.75, 3.05) is 40.0 Å². The first-order valence-corrected chi connectivity index (χ1v) is 11.5. The van der Waals surface area contributed by atoms with Crippen LogP contribution in [0.5, 0.6) is 5.75 Å². The highest BCUT2D eigenvalue weighted by atomic mass is 32.3. The Kier molecular flexibility index (Phi) is 6.57. The normalized spacial score (nSPS) is 18.6. The van der Waals surface area contributed by atoms with Crippen LogP contribution in [-0.2, 0) is 0 Å². The zero-order valence-electron chi connectivity index (χ0n) is 16.2. The molecule has 0 aliphatic carbocycles. The third kappa shape index (κ3) is 4.47. The van der Waals surface area contributed by atoms with Crippen LogP contribution in [-0.4, -0.2) is 60.0 Å². The largest absolute Gasteiger partial charge is 0.496 e. The van der Waals surface area contributed by atoms with Gasteiger partial charge >= 0.3 is 0 Å². The number of likely N-dealkylation sites (N-methyl/N-ethyl adjacent to an activating group) is 1. The van der Waals surface area contributed by atoms with Gasteiger partial charge in [0.15, 0.2) is 0 Å². The van der Waals surface area contributed by atoms with E-state index in [1.165, 1.54) is 7.11 Å². The topological polar surface area (TPSA) is 82.0 Å². The van der Waals surface area contributed by atoms with Crippen molar-refractivity contribution in [1.29, 1.82) is 0 Å². The van der Waals surface area contributed by atoms with E-state index in [1.807, 2.05) is 49.3 Å². The molecule has 2 aromatic carbocycles. The Morgan fingerprint density at radius 2 is 1.96 bits per heavy atom. The van der Waals surface area contributed by atoms with E-state index >= 15 is 0 Å². The lowest BCUT2D eigenvalue weighted by Gasteiger charge is -2.27. The summed E-state index contributed by atoms with van der Waals surface area (Å²) in [5.41, 5.74) is 1.12. The molecule has 0 saturated carbocycles. The number of benzene rings is 2. The molecule has 0 aromatic heterocycles. The minimum atomic E-state index is -2.92. The Bertz CT molecular complexity index is 844. The van der Waals surface area contributed by atoms with Crippen molar-refractivity contribution in [3.8, 4) is 5.75 Å². The van der Waals surface area contributed by atoms with Gasteiger partial charge in [-0.25, -0.2) is 0 Å². The quantitative estimate of drug-likeness (QED) is 0.627. The van der Waals surface area contributed by atoms with Crippen molar-refractivity contribution >= 4 is 28.3 Å². The predicted molar refractivity (Wildman–Crippen MR) is 115 cm³/mol. The van der Waals surface area contributed by atoms with E-state index in [9.17, 15) is 13.9 Å². The Hall–Kier alpha value is -1.71. The highest BCUT2D eigenvalue weighted by Crippen LogP contribution is 2.65. The molecular weight excluding hydrogens is 396 g/mol. The van der Waals surface area contributed by atoms with Crippen molar-refractivity contribution < 1.29 is 18.6 Å². The number of thioether (sulfide) groups is 1. The van der Waals surface area contributed by atoms with Gasteiger partial charge in [0.25, 0.3) is 5.91 Å². The lowest BCUT2D eigenvalue weighted by molar-refractivity contribution is 0.0947. The molecule has 28 heavy (non-hydrogen) atoms. The molecule has 8 heteroatoms. The van der Waals surface area contributed by atoms with E-state index in [2.05, 4.69) is 5.32 Å². The van der Waals surface area contributed by atoms with E-state index in [4.69, 9.17) is 4.74 Å². The van der Waals surface area contributed by atoms with Crippen LogP contribution < -0.4 is 10.1 Å². The molecular formula is C20H26N2O4S2. The molecule has 2 aromatic rings. The fraction of sp³-hybridized carbons (Fsp3) is 0.350. The zero-order chi connectivity index (χ0) is 20.3. The minimum Gasteiger partial charge on any atom is -0.496 e. The van der Waals surface area contributed by atoms with Crippen LogP contribution in [0.2, 0.25) is 0 Å². The van der Waals surface area contributed by atoms with Gasteiger partial charge in [0, 0.05) is 23.5 Å². The molecule has 1 aliphatic heterocycles. The van der Waals surface area contributed by atoms with Gasteiger partial charge in [0.1, 0.15) is 5.75 Å². The number of carbonyl (C=O) groups excluding carboxylic acids is 1. The second-order valence-corrected chi connectivity index (χ2v) is 10.3. The molecule has 0 spiro atoms. The maximum absolute atomic E-state index is 12.7. The number of amides is 1. The molecule has 0 fully saturated rings. The van der Waals surface area contributed by atoms with Gasteiger partial charge in [-0.05, 0) is 38.4 Å². The third-order valence-electron chi connectivity index (χ3n) is 4.53. The van der Waals surface area contributed by atoms with Crippen LogP contribution in [0.4, 0.5) is 0 Å². The Morgan fingerprint density at radius 3 is 2.61 bits per heavy atom. The fourth-order valence-electron chi connectivity index (χ4n) is 3.20. The molecule has 152 valence electrons. The summed E-state index contributed by atoms with van der Waals surface area (Å²) in [7, 11) is 2.48. The van der Waals surface area contributed by atoms with Crippen molar-refractivity contribution in [3.63, 3.8) is 0 Å². The molecule has 1 unspecified atom stereocenters. The molecule has 0 radical (unpaired) electrons. The van der Waals surface area contributed by atoms with Crippen molar-refractivity contribution in [2.24, 2.45) is 0 Å². The van der Waals surface area contributed by atoms with Gasteiger partial charge in [0.05, 0.1) is 28.6 Å². The van der Waals surface area contributed by atoms with Gasteiger partial charge in [-0.15, -0.1) is 11.8 Å². The first kappa shape index (κ1) is 21.0. The summed E-state index contributed by atoms with van der Waals surface area (Å²) in [5, 5.41) is 2.69. The minimum absolute atomic E-state index is 0.202. The molecule has 0 saturated heterocycles. The van der Waals surface area contributed by atoms with Crippen LogP contribution in [0.15, 0.2) is 52.3 Å². The van der Waals surface area contributed by atoms with Gasteiger partial charge in [0.2, 0.25) is 0 Å². The number of rotatable bonds is 7. The highest BCUT2D eigenvalue weighted by molar-refractivity contribution is 8.25. The maximum atomic E-state index is 12.7. The Morgan fingerprint density at radius 1 is 1.25 bits per heavy atom. The number of ether oxygens (including phenoxy) is 1. The highest BCUT2D eigenvalue weighted by Gasteiger charge is 2.39. The number of methoxy groups -OCH3 is 1. The van der Waals surface area contributed by atoms with Crippen LogP contribution in [0.25, 0.3) is 0 Å². The standard InChI is InChI=1S/C20H26N2O4S2/c1-22(2)12-11-21-20(23)15-9-10-17-18(19(15)26-3)16(13-28(17,24)25)27-14-7-5-4-6-8-14/h4-10,16,24-25H,11-13H2,1-3H3,(H,21,23). The smallest absolute Gasteiger partial charge is 0.255 e. The molecule has 1 atom stereocenters. The molecule has 3 N–H and O–H groups in total. The summed E-state index contributed by atoms with van der Waals surface area (Å²) < 4.78 is 26.8. The van der Waals surface area contributed by atoms with Crippen LogP contribution >= 0.6 is 22.4 Å². The SMILES string of the molecule is COc1c(C(=O)NCCN(C)C)ccc2c1C(Sc1ccccc1)CS2(O)O. The third-order valence-corrected chi connectivity index (χ3v) is 7.83. The summed E-state index contributed by atoms with van der Waals surface area (Å²) in [5.74, 6) is 0.406. The van der Waals surface area contributed by atoms with Crippen LogP contribution in [0.3, 0.4) is 0 Å². The van der Waals surface area contributed by atoms with Crippen LogP contribution in [0.1, 0.15) is 21.2 Å². The predicted octanol–water partition coefficient (Wildman–Crippen LogP) is 3.94. The monoisotopic (exact) mass is 422 g/mol.